The number of carbonyl (C=O) groups is 1. The van der Waals surface area contributed by atoms with E-state index in [1.807, 2.05) is 45.0 Å². The molecule has 132 valence electrons. The first-order chi connectivity index (χ1) is 12.0. The van der Waals surface area contributed by atoms with Crippen molar-refractivity contribution in [3.8, 4) is 0 Å². The summed E-state index contributed by atoms with van der Waals surface area (Å²) in [6.07, 6.45) is 6.77. The molecule has 4 nitrogen and oxygen atoms in total. The number of amidine groups is 1. The lowest BCUT2D eigenvalue weighted by atomic mass is 9.92. The molecule has 1 fully saturated rings. The number of allylic oxidation sites excluding steroid dienone is 1. The lowest BCUT2D eigenvalue weighted by molar-refractivity contribution is -0.497. The molecule has 25 heavy (non-hydrogen) atoms. The number of primary amides is 1. The zero-order chi connectivity index (χ0) is 18.0. The first-order valence-electron chi connectivity index (χ1n) is 9.17. The van der Waals surface area contributed by atoms with Crippen molar-refractivity contribution in [1.29, 1.82) is 0 Å². The van der Waals surface area contributed by atoms with Gasteiger partial charge in [-0.2, -0.15) is 0 Å². The van der Waals surface area contributed by atoms with Crippen LogP contribution in [0.15, 0.2) is 47.1 Å². The van der Waals surface area contributed by atoms with Crippen LogP contribution in [0, 0.1) is 13.8 Å². The van der Waals surface area contributed by atoms with E-state index in [2.05, 4.69) is 11.9 Å². The third-order valence-electron chi connectivity index (χ3n) is 5.31. The number of benzene rings is 1. The number of nitrogens with one attached hydrogen (secondary N) is 1. The molecule has 0 saturated heterocycles. The summed E-state index contributed by atoms with van der Waals surface area (Å²) in [6, 6.07) is 6.74. The van der Waals surface area contributed by atoms with E-state index in [4.69, 9.17) is 4.99 Å². The molecule has 1 aliphatic carbocycles. The molecule has 0 bridgehead atoms. The Labute approximate surface area is 150 Å². The Morgan fingerprint density at radius 3 is 2.60 bits per heavy atom. The summed E-state index contributed by atoms with van der Waals surface area (Å²) in [5.41, 5.74) is 4.45. The van der Waals surface area contributed by atoms with Crippen molar-refractivity contribution in [2.75, 3.05) is 0 Å². The molecule has 3 rings (SSSR count). The van der Waals surface area contributed by atoms with Crippen molar-refractivity contribution in [2.45, 2.75) is 58.5 Å². The molecule has 4 heteroatoms. The Hall–Kier alpha value is -2.20. The van der Waals surface area contributed by atoms with Gasteiger partial charge in [-0.25, -0.2) is 10.1 Å². The van der Waals surface area contributed by atoms with E-state index in [1.165, 1.54) is 19.3 Å². The molecule has 2 atom stereocenters. The highest BCUT2D eigenvalue weighted by Crippen LogP contribution is 2.26. The van der Waals surface area contributed by atoms with Crippen molar-refractivity contribution in [1.82, 2.24) is 5.32 Å². The number of aliphatic imine (C=N–C) groups is 1. The second-order valence-corrected chi connectivity index (χ2v) is 7.08. The largest absolute Gasteiger partial charge is 0.365 e. The van der Waals surface area contributed by atoms with E-state index >= 15 is 0 Å². The summed E-state index contributed by atoms with van der Waals surface area (Å²) in [7, 11) is 0. The third kappa shape index (κ3) is 3.59. The van der Waals surface area contributed by atoms with Crippen LogP contribution in [0.25, 0.3) is 0 Å². The number of carbonyl (C=O) groups excluding carboxylic acids is 1. The van der Waals surface area contributed by atoms with Crippen molar-refractivity contribution in [2.24, 2.45) is 4.99 Å². The zero-order valence-electron chi connectivity index (χ0n) is 15.4. The maximum Gasteiger partial charge on any atom is 0.348 e. The van der Waals surface area contributed by atoms with Crippen LogP contribution in [0.1, 0.15) is 54.1 Å². The number of aryl methyl sites for hydroxylation is 2. The van der Waals surface area contributed by atoms with E-state index in [0.717, 1.165) is 40.2 Å². The van der Waals surface area contributed by atoms with Gasteiger partial charge in [0.1, 0.15) is 11.5 Å². The predicted octanol–water partition coefficient (Wildman–Crippen LogP) is 2.78. The van der Waals surface area contributed by atoms with Gasteiger partial charge in [-0.15, -0.1) is 0 Å². The third-order valence-corrected chi connectivity index (χ3v) is 5.31. The number of hydrogen-bond acceptors (Lipinski definition) is 3. The Bertz CT molecular complexity index is 740. The smallest absolute Gasteiger partial charge is 0.348 e. The fraction of sp³-hybridized carbons (Fsp3) is 0.429. The summed E-state index contributed by atoms with van der Waals surface area (Å²) >= 11 is 0. The normalized spacial score (nSPS) is 22.8. The SMILES string of the molecule is C=C(C1=N[C@H]2CCCCC2N1)/C(=C\C)[NH2+]C(=O)c1c(C)cccc1C. The van der Waals surface area contributed by atoms with E-state index in [9.17, 15) is 4.79 Å². The number of quaternary nitrogens is 1. The van der Waals surface area contributed by atoms with Crippen molar-refractivity contribution < 1.29 is 10.1 Å². The highest BCUT2D eigenvalue weighted by atomic mass is 16.1. The molecule has 0 aromatic heterocycles. The van der Waals surface area contributed by atoms with Crippen molar-refractivity contribution >= 4 is 11.7 Å². The van der Waals surface area contributed by atoms with Crippen molar-refractivity contribution in [3.05, 3.63) is 58.8 Å². The minimum atomic E-state index is 0.0286. The van der Waals surface area contributed by atoms with Gasteiger partial charge < -0.3 is 5.32 Å². The quantitative estimate of drug-likeness (QED) is 0.830. The molecule has 1 saturated carbocycles. The first-order valence-corrected chi connectivity index (χ1v) is 9.17. The lowest BCUT2D eigenvalue weighted by Crippen LogP contribution is -2.86. The molecule has 0 radical (unpaired) electrons. The molecule has 1 heterocycles. The summed E-state index contributed by atoms with van der Waals surface area (Å²) < 4.78 is 0. The Kier molecular flexibility index (Phi) is 5.19. The Balaban J connectivity index is 1.75. The van der Waals surface area contributed by atoms with Crippen LogP contribution in [0.5, 0.6) is 0 Å². The van der Waals surface area contributed by atoms with Crippen LogP contribution in [0.3, 0.4) is 0 Å². The molecule has 1 aromatic rings. The molecule has 0 spiro atoms. The number of nitrogens with zero attached hydrogens (tertiary/aromatic N) is 1. The van der Waals surface area contributed by atoms with Crippen LogP contribution in [0.2, 0.25) is 0 Å². The van der Waals surface area contributed by atoms with E-state index in [1.54, 1.807) is 5.32 Å². The Morgan fingerprint density at radius 1 is 1.28 bits per heavy atom. The summed E-state index contributed by atoms with van der Waals surface area (Å²) in [6.45, 7) is 10.1. The molecular weight excluding hydrogens is 310 g/mol. The van der Waals surface area contributed by atoms with Gasteiger partial charge in [0.05, 0.1) is 17.2 Å². The van der Waals surface area contributed by atoms with Gasteiger partial charge in [0.15, 0.2) is 0 Å². The topological polar surface area (TPSA) is 58.1 Å². The van der Waals surface area contributed by atoms with Crippen LogP contribution < -0.4 is 10.6 Å². The van der Waals surface area contributed by atoms with Crippen LogP contribution in [0.4, 0.5) is 0 Å². The van der Waals surface area contributed by atoms with Gasteiger partial charge in [-0.1, -0.05) is 37.6 Å². The molecule has 2 aliphatic rings. The monoisotopic (exact) mass is 338 g/mol. The van der Waals surface area contributed by atoms with Gasteiger partial charge in [0.25, 0.3) is 0 Å². The molecule has 1 unspecified atom stereocenters. The second kappa shape index (κ2) is 7.36. The fourth-order valence-corrected chi connectivity index (χ4v) is 3.88. The molecular formula is C21H28N3O+. The fourth-order valence-electron chi connectivity index (χ4n) is 3.88. The highest BCUT2D eigenvalue weighted by Gasteiger charge is 2.33. The highest BCUT2D eigenvalue weighted by molar-refractivity contribution is 6.03. The van der Waals surface area contributed by atoms with E-state index in [-0.39, 0.29) is 5.91 Å². The number of hydrogen-bond donors (Lipinski definition) is 2. The number of fused-ring (bicyclic) bond motifs is 1. The van der Waals surface area contributed by atoms with Gasteiger partial charge in [-0.3, -0.25) is 4.99 Å². The maximum atomic E-state index is 12.8. The van der Waals surface area contributed by atoms with Crippen LogP contribution >= 0.6 is 0 Å². The minimum absolute atomic E-state index is 0.0286. The number of rotatable bonds is 4. The molecule has 3 N–H and O–H groups in total. The molecule has 1 aliphatic heterocycles. The van der Waals surface area contributed by atoms with Crippen LogP contribution in [-0.2, 0) is 0 Å². The number of nitrogens with two attached hydrogens (primary N) is 1. The van der Waals surface area contributed by atoms with Gasteiger partial charge in [-0.05, 0) is 50.8 Å². The van der Waals surface area contributed by atoms with Gasteiger partial charge in [0.2, 0.25) is 0 Å². The predicted molar refractivity (Wildman–Crippen MR) is 102 cm³/mol. The number of amides is 1. The zero-order valence-corrected chi connectivity index (χ0v) is 15.4. The average molecular weight is 338 g/mol. The minimum Gasteiger partial charge on any atom is -0.365 e. The van der Waals surface area contributed by atoms with Crippen LogP contribution in [-0.4, -0.2) is 23.8 Å². The second-order valence-electron chi connectivity index (χ2n) is 7.08. The molecule has 1 aromatic carbocycles. The first kappa shape index (κ1) is 17.6. The summed E-state index contributed by atoms with van der Waals surface area (Å²) in [5, 5.41) is 5.22. The van der Waals surface area contributed by atoms with Crippen molar-refractivity contribution in [3.63, 3.8) is 0 Å². The van der Waals surface area contributed by atoms with E-state index in [0.29, 0.717) is 12.1 Å². The van der Waals surface area contributed by atoms with Gasteiger partial charge in [0, 0.05) is 6.04 Å². The van der Waals surface area contributed by atoms with Gasteiger partial charge >= 0.3 is 5.91 Å². The average Bonchev–Trinajstić information content (AvgIpc) is 3.03. The summed E-state index contributed by atoms with van der Waals surface area (Å²) in [5.74, 6) is 0.886. The lowest BCUT2D eigenvalue weighted by Gasteiger charge is -2.23. The maximum absolute atomic E-state index is 12.8. The summed E-state index contributed by atoms with van der Waals surface area (Å²) in [4.78, 5) is 17.7. The van der Waals surface area contributed by atoms with E-state index < -0.39 is 0 Å². The Morgan fingerprint density at radius 2 is 1.96 bits per heavy atom. The molecule has 1 amide bonds. The standard InChI is InChI=1S/C21H27N3O/c1-5-16(24-21(25)19-13(2)9-8-10-14(19)3)15(4)20-22-17-11-6-7-12-18(17)23-20/h5,8-10,17-18H,4,6-7,11-12H2,1-3H3,(H,22,23)(H,24,25)/p+1/b16-5+/t17-,18?/m0/s1.